The lowest BCUT2D eigenvalue weighted by Gasteiger charge is -2.28. The number of nitrogens with zero attached hydrogens (tertiary/aromatic N) is 1. The molecule has 0 bridgehead atoms. The highest BCUT2D eigenvalue weighted by Gasteiger charge is 2.22. The first-order valence-electron chi connectivity index (χ1n) is 7.37. The second kappa shape index (κ2) is 6.94. The first kappa shape index (κ1) is 16.5. The number of pyridine rings is 1. The van der Waals surface area contributed by atoms with Crippen LogP contribution in [-0.2, 0) is 0 Å². The van der Waals surface area contributed by atoms with Gasteiger partial charge >= 0.3 is 0 Å². The van der Waals surface area contributed by atoms with E-state index in [1.54, 1.807) is 6.07 Å². The minimum Gasteiger partial charge on any atom is -0.333 e. The number of rotatable bonds is 2. The fraction of sp³-hybridized carbons (Fsp3) is 0.375. The van der Waals surface area contributed by atoms with E-state index in [-0.39, 0.29) is 23.9 Å². The van der Waals surface area contributed by atoms with Crippen LogP contribution in [0.15, 0.2) is 35.1 Å². The number of nitrogens with one attached hydrogen (secondary N) is 1. The van der Waals surface area contributed by atoms with E-state index >= 15 is 0 Å². The third-order valence-electron chi connectivity index (χ3n) is 4.26. The van der Waals surface area contributed by atoms with Gasteiger partial charge in [0, 0.05) is 17.5 Å². The summed E-state index contributed by atoms with van der Waals surface area (Å²) in [5, 5.41) is 0.650. The molecule has 0 unspecified atom stereocenters. The van der Waals surface area contributed by atoms with E-state index in [0.29, 0.717) is 11.1 Å². The van der Waals surface area contributed by atoms with Gasteiger partial charge in [-0.05, 0) is 25.0 Å². The molecule has 0 radical (unpaired) electrons. The van der Waals surface area contributed by atoms with Crippen LogP contribution in [0.1, 0.15) is 48.6 Å². The van der Waals surface area contributed by atoms with Crippen LogP contribution in [0.25, 0.3) is 10.9 Å². The van der Waals surface area contributed by atoms with E-state index in [4.69, 9.17) is 5.84 Å². The molecule has 0 atom stereocenters. The van der Waals surface area contributed by atoms with Gasteiger partial charge in [0.1, 0.15) is 5.69 Å². The number of hydrogen-bond donors (Lipinski definition) is 2. The summed E-state index contributed by atoms with van der Waals surface area (Å²) >= 11 is 0. The monoisotopic (exact) mass is 321 g/mol. The summed E-state index contributed by atoms with van der Waals surface area (Å²) in [7, 11) is 0. The van der Waals surface area contributed by atoms with Crippen molar-refractivity contribution in [2.75, 3.05) is 0 Å². The van der Waals surface area contributed by atoms with E-state index in [2.05, 4.69) is 5.43 Å². The van der Waals surface area contributed by atoms with Gasteiger partial charge in [-0.25, -0.2) is 5.84 Å². The Bertz CT molecular complexity index is 736. The summed E-state index contributed by atoms with van der Waals surface area (Å²) in [4.78, 5) is 24.3. The fourth-order valence-corrected chi connectivity index (χ4v) is 3.27. The van der Waals surface area contributed by atoms with Gasteiger partial charge in [-0.3, -0.25) is 15.0 Å². The molecule has 0 aliphatic heterocycles. The van der Waals surface area contributed by atoms with Crippen molar-refractivity contribution in [1.82, 2.24) is 9.99 Å². The molecule has 5 nitrogen and oxygen atoms in total. The van der Waals surface area contributed by atoms with Crippen LogP contribution in [0, 0.1) is 0 Å². The number of amides is 1. The lowest BCUT2D eigenvalue weighted by molar-refractivity contribution is 0.0940. The lowest BCUT2D eigenvalue weighted by atomic mass is 9.94. The molecule has 1 fully saturated rings. The van der Waals surface area contributed by atoms with Gasteiger partial charge in [0.05, 0.1) is 5.52 Å². The molecule has 3 rings (SSSR count). The fourth-order valence-electron chi connectivity index (χ4n) is 3.27. The molecule has 1 saturated carbocycles. The Labute approximate surface area is 134 Å². The Morgan fingerprint density at radius 1 is 1.18 bits per heavy atom. The number of carbonyl (C=O) groups is 1. The van der Waals surface area contributed by atoms with Crippen LogP contribution in [0.2, 0.25) is 0 Å². The molecule has 118 valence electrons. The zero-order chi connectivity index (χ0) is 14.8. The number of halogens is 1. The summed E-state index contributed by atoms with van der Waals surface area (Å²) in [6, 6.07) is 9.10. The van der Waals surface area contributed by atoms with Crippen molar-refractivity contribution in [1.29, 1.82) is 0 Å². The summed E-state index contributed by atoms with van der Waals surface area (Å²) in [5.41, 5.74) is 3.18. The molecular weight excluding hydrogens is 302 g/mol. The van der Waals surface area contributed by atoms with Gasteiger partial charge in [-0.1, -0.05) is 31.4 Å². The van der Waals surface area contributed by atoms with Crippen molar-refractivity contribution in [3.63, 3.8) is 0 Å². The number of fused-ring (bicyclic) bond motifs is 1. The van der Waals surface area contributed by atoms with E-state index in [9.17, 15) is 9.59 Å². The number of nitrogens with two attached hydrogens (primary N) is 1. The minimum absolute atomic E-state index is 0. The van der Waals surface area contributed by atoms with E-state index < -0.39 is 5.91 Å². The topological polar surface area (TPSA) is 77.1 Å². The Balaban J connectivity index is 0.00000176. The highest BCUT2D eigenvalue weighted by atomic mass is 35.5. The van der Waals surface area contributed by atoms with E-state index in [1.807, 2.05) is 22.8 Å². The van der Waals surface area contributed by atoms with Gasteiger partial charge in [0.25, 0.3) is 5.91 Å². The molecule has 6 heteroatoms. The van der Waals surface area contributed by atoms with Gasteiger partial charge in [-0.15, -0.1) is 12.4 Å². The first-order valence-corrected chi connectivity index (χ1v) is 7.37. The summed E-state index contributed by atoms with van der Waals surface area (Å²) in [5.74, 6) is 4.87. The molecule has 1 aliphatic rings. The maximum absolute atomic E-state index is 12.2. The predicted octanol–water partition coefficient (Wildman–Crippen LogP) is 2.53. The third-order valence-corrected chi connectivity index (χ3v) is 4.26. The smallest absolute Gasteiger partial charge is 0.281 e. The molecule has 2 aromatic rings. The van der Waals surface area contributed by atoms with Crippen molar-refractivity contribution in [3.05, 3.63) is 46.2 Å². The summed E-state index contributed by atoms with van der Waals surface area (Å²) in [6.07, 6.45) is 5.58. The van der Waals surface area contributed by atoms with Crippen molar-refractivity contribution < 1.29 is 4.79 Å². The van der Waals surface area contributed by atoms with Gasteiger partial charge in [-0.2, -0.15) is 0 Å². The molecule has 1 heterocycles. The van der Waals surface area contributed by atoms with E-state index in [0.717, 1.165) is 31.2 Å². The highest BCUT2D eigenvalue weighted by molar-refractivity contribution is 5.95. The second-order valence-electron chi connectivity index (χ2n) is 5.55. The standard InChI is InChI=1S/C16H19N3O2.ClH/c17-18-16(21)14-10-15(20)12-8-4-5-9-13(12)19(14)11-6-2-1-3-7-11;/h4-5,8-11H,1-3,6-7,17H2,(H,18,21);1H. The molecule has 0 spiro atoms. The van der Waals surface area contributed by atoms with Gasteiger partial charge < -0.3 is 4.57 Å². The Kier molecular flexibility index (Phi) is 5.21. The minimum atomic E-state index is -0.413. The van der Waals surface area contributed by atoms with Crippen LogP contribution in [0.5, 0.6) is 0 Å². The summed E-state index contributed by atoms with van der Waals surface area (Å²) < 4.78 is 2.00. The average Bonchev–Trinajstić information content (AvgIpc) is 2.55. The quantitative estimate of drug-likeness (QED) is 0.507. The number of aromatic nitrogens is 1. The molecule has 3 N–H and O–H groups in total. The van der Waals surface area contributed by atoms with Crippen LogP contribution < -0.4 is 16.7 Å². The number of para-hydroxylation sites is 1. The Morgan fingerprint density at radius 2 is 1.86 bits per heavy atom. The van der Waals surface area contributed by atoms with Crippen LogP contribution in [0.3, 0.4) is 0 Å². The van der Waals surface area contributed by atoms with Gasteiger partial charge in [0.15, 0.2) is 5.43 Å². The lowest BCUT2D eigenvalue weighted by Crippen LogP contribution is -2.35. The number of carbonyl (C=O) groups excluding carboxylic acids is 1. The predicted molar refractivity (Wildman–Crippen MR) is 89.2 cm³/mol. The zero-order valence-electron chi connectivity index (χ0n) is 12.2. The first-order chi connectivity index (χ1) is 10.2. The number of hydrazine groups is 1. The number of nitrogen functional groups attached to an aromatic ring is 1. The van der Waals surface area contributed by atoms with E-state index in [1.165, 1.54) is 12.5 Å². The maximum atomic E-state index is 12.2. The largest absolute Gasteiger partial charge is 0.333 e. The van der Waals surface area contributed by atoms with Crippen LogP contribution in [0.4, 0.5) is 0 Å². The van der Waals surface area contributed by atoms with Crippen molar-refractivity contribution in [2.24, 2.45) is 5.84 Å². The maximum Gasteiger partial charge on any atom is 0.281 e. The number of hydrogen-bond acceptors (Lipinski definition) is 3. The van der Waals surface area contributed by atoms with Crippen LogP contribution in [-0.4, -0.2) is 10.5 Å². The summed E-state index contributed by atoms with van der Waals surface area (Å²) in [6.45, 7) is 0. The van der Waals surface area contributed by atoms with Gasteiger partial charge in [0.2, 0.25) is 0 Å². The Morgan fingerprint density at radius 3 is 2.55 bits per heavy atom. The second-order valence-corrected chi connectivity index (χ2v) is 5.55. The molecule has 1 amide bonds. The molecular formula is C16H20ClN3O2. The molecule has 0 saturated heterocycles. The van der Waals surface area contributed by atoms with Crippen molar-refractivity contribution in [2.45, 2.75) is 38.1 Å². The van der Waals surface area contributed by atoms with Crippen molar-refractivity contribution in [3.8, 4) is 0 Å². The van der Waals surface area contributed by atoms with Crippen LogP contribution >= 0.6 is 12.4 Å². The molecule has 1 aliphatic carbocycles. The third kappa shape index (κ3) is 2.87. The normalized spacial score (nSPS) is 15.3. The SMILES string of the molecule is Cl.NNC(=O)c1cc(=O)c2ccccc2n1C1CCCCC1. The molecule has 22 heavy (non-hydrogen) atoms. The highest BCUT2D eigenvalue weighted by Crippen LogP contribution is 2.31. The number of benzene rings is 1. The Hall–Kier alpha value is -1.85. The van der Waals surface area contributed by atoms with Crippen molar-refractivity contribution >= 4 is 29.2 Å². The average molecular weight is 322 g/mol. The zero-order valence-corrected chi connectivity index (χ0v) is 13.1. The molecule has 1 aromatic carbocycles. The molecule has 1 aromatic heterocycles.